The fraction of sp³-hybridized carbons (Fsp3) is 0.889. The molecule has 0 amide bonds. The Labute approximate surface area is 69.2 Å². The van der Waals surface area contributed by atoms with E-state index in [0.717, 1.165) is 6.42 Å². The number of carbonyl (C=O) groups is 1. The van der Waals surface area contributed by atoms with Crippen LogP contribution >= 0.6 is 0 Å². The van der Waals surface area contributed by atoms with E-state index in [1.807, 2.05) is 20.8 Å². The van der Waals surface area contributed by atoms with Gasteiger partial charge in [-0.25, -0.2) is 0 Å². The van der Waals surface area contributed by atoms with Crippen LogP contribution in [0.1, 0.15) is 34.1 Å². The van der Waals surface area contributed by atoms with Gasteiger partial charge in [0.2, 0.25) is 0 Å². The average molecular weight is 157 g/mol. The fourth-order valence-electron chi connectivity index (χ4n) is 0.919. The monoisotopic (exact) mass is 157 g/mol. The van der Waals surface area contributed by atoms with Gasteiger partial charge >= 0.3 is 0 Å². The zero-order valence-electron chi connectivity index (χ0n) is 7.92. The Balaban J connectivity index is 4.02. The highest BCUT2D eigenvalue weighted by Gasteiger charge is 2.21. The van der Waals surface area contributed by atoms with Gasteiger partial charge in [0.1, 0.15) is 0 Å². The molecule has 2 heteroatoms. The van der Waals surface area contributed by atoms with Crippen molar-refractivity contribution in [1.29, 1.82) is 0 Å². The topological polar surface area (TPSA) is 43.1 Å². The minimum atomic E-state index is -0.264. The molecule has 0 spiro atoms. The van der Waals surface area contributed by atoms with Crippen molar-refractivity contribution >= 4 is 5.78 Å². The number of carbonyl (C=O) groups excluding carboxylic acids is 1. The van der Waals surface area contributed by atoms with E-state index in [4.69, 9.17) is 5.73 Å². The van der Waals surface area contributed by atoms with E-state index in [-0.39, 0.29) is 17.7 Å². The zero-order chi connectivity index (χ0) is 9.02. The van der Waals surface area contributed by atoms with E-state index >= 15 is 0 Å². The third kappa shape index (κ3) is 3.02. The van der Waals surface area contributed by atoms with Gasteiger partial charge in [0, 0.05) is 5.92 Å². The molecule has 0 aromatic rings. The van der Waals surface area contributed by atoms with Crippen LogP contribution in [0.5, 0.6) is 0 Å². The van der Waals surface area contributed by atoms with E-state index in [1.165, 1.54) is 0 Å². The van der Waals surface area contributed by atoms with E-state index in [0.29, 0.717) is 5.92 Å². The highest BCUT2D eigenvalue weighted by molar-refractivity contribution is 5.85. The summed E-state index contributed by atoms with van der Waals surface area (Å²) < 4.78 is 0. The minimum absolute atomic E-state index is 0.0685. The molecule has 0 heterocycles. The molecule has 0 aliphatic carbocycles. The zero-order valence-corrected chi connectivity index (χ0v) is 7.92. The molecule has 0 saturated heterocycles. The van der Waals surface area contributed by atoms with Crippen molar-refractivity contribution in [1.82, 2.24) is 0 Å². The van der Waals surface area contributed by atoms with Crippen LogP contribution in [0.15, 0.2) is 0 Å². The highest BCUT2D eigenvalue weighted by atomic mass is 16.1. The summed E-state index contributed by atoms with van der Waals surface area (Å²) in [5, 5.41) is 0. The van der Waals surface area contributed by atoms with Crippen LogP contribution in [0.3, 0.4) is 0 Å². The lowest BCUT2D eigenvalue weighted by Crippen LogP contribution is -2.39. The summed E-state index contributed by atoms with van der Waals surface area (Å²) in [6.45, 7) is 7.86. The van der Waals surface area contributed by atoms with Crippen LogP contribution in [0.2, 0.25) is 0 Å². The van der Waals surface area contributed by atoms with E-state index in [2.05, 4.69) is 6.92 Å². The summed E-state index contributed by atoms with van der Waals surface area (Å²) in [6.07, 6.45) is 0.972. The fourth-order valence-corrected chi connectivity index (χ4v) is 0.919. The number of hydrogen-bond acceptors (Lipinski definition) is 2. The summed E-state index contributed by atoms with van der Waals surface area (Å²) in [6, 6.07) is -0.264. The number of ketones is 1. The smallest absolute Gasteiger partial charge is 0.152 e. The predicted molar refractivity (Wildman–Crippen MR) is 47.3 cm³/mol. The number of nitrogens with two attached hydrogens (primary N) is 1. The van der Waals surface area contributed by atoms with Crippen molar-refractivity contribution in [2.75, 3.05) is 0 Å². The first-order valence-electron chi connectivity index (χ1n) is 4.30. The molecule has 1 unspecified atom stereocenters. The molecule has 0 bridgehead atoms. The Hall–Kier alpha value is -0.370. The second kappa shape index (κ2) is 4.50. The van der Waals surface area contributed by atoms with E-state index in [9.17, 15) is 4.79 Å². The standard InChI is InChI=1S/C9H19NO/c1-5-7(4)8(10)9(11)6(2)3/h6-8H,5,10H2,1-4H3/t7?,8-/m0/s1. The van der Waals surface area contributed by atoms with Crippen molar-refractivity contribution in [3.63, 3.8) is 0 Å². The second-order valence-corrected chi connectivity index (χ2v) is 3.47. The van der Waals surface area contributed by atoms with Crippen molar-refractivity contribution in [2.45, 2.75) is 40.2 Å². The maximum Gasteiger partial charge on any atom is 0.152 e. The van der Waals surface area contributed by atoms with Gasteiger partial charge in [-0.1, -0.05) is 34.1 Å². The van der Waals surface area contributed by atoms with Gasteiger partial charge in [-0.15, -0.1) is 0 Å². The maximum absolute atomic E-state index is 11.3. The molecule has 0 rings (SSSR count). The van der Waals surface area contributed by atoms with E-state index < -0.39 is 0 Å². The van der Waals surface area contributed by atoms with Gasteiger partial charge in [0.25, 0.3) is 0 Å². The van der Waals surface area contributed by atoms with Crippen LogP contribution in [0.25, 0.3) is 0 Å². The lowest BCUT2D eigenvalue weighted by molar-refractivity contribution is -0.124. The molecular formula is C9H19NO. The Morgan fingerprint density at radius 2 is 1.82 bits per heavy atom. The second-order valence-electron chi connectivity index (χ2n) is 3.47. The molecule has 0 radical (unpaired) electrons. The van der Waals surface area contributed by atoms with Crippen LogP contribution < -0.4 is 5.73 Å². The molecule has 2 nitrogen and oxygen atoms in total. The molecule has 11 heavy (non-hydrogen) atoms. The maximum atomic E-state index is 11.3. The van der Waals surface area contributed by atoms with Crippen LogP contribution in [-0.4, -0.2) is 11.8 Å². The van der Waals surface area contributed by atoms with Crippen molar-refractivity contribution in [3.8, 4) is 0 Å². The summed E-state index contributed by atoms with van der Waals surface area (Å²) in [5.41, 5.74) is 5.72. The first-order valence-corrected chi connectivity index (χ1v) is 4.30. The third-order valence-corrected chi connectivity index (χ3v) is 2.15. The SMILES string of the molecule is CCC(C)[C@H](N)C(=O)C(C)C. The number of Topliss-reactive ketones (excluding diaryl/α,β-unsaturated/α-hetero) is 1. The average Bonchev–Trinajstić information content (AvgIpc) is 2.00. The normalized spacial score (nSPS) is 16.5. The lowest BCUT2D eigenvalue weighted by Gasteiger charge is -2.18. The summed E-state index contributed by atoms with van der Waals surface area (Å²) in [4.78, 5) is 11.3. The van der Waals surface area contributed by atoms with Crippen LogP contribution in [-0.2, 0) is 4.79 Å². The highest BCUT2D eigenvalue weighted by Crippen LogP contribution is 2.10. The van der Waals surface area contributed by atoms with Gasteiger partial charge in [-0.2, -0.15) is 0 Å². The number of hydrogen-bond donors (Lipinski definition) is 1. The van der Waals surface area contributed by atoms with Gasteiger partial charge in [-0.3, -0.25) is 4.79 Å². The van der Waals surface area contributed by atoms with Crippen LogP contribution in [0.4, 0.5) is 0 Å². The first kappa shape index (κ1) is 10.6. The Morgan fingerprint density at radius 3 is 2.09 bits per heavy atom. The molecule has 0 fully saturated rings. The molecular weight excluding hydrogens is 138 g/mol. The molecule has 0 aromatic heterocycles. The molecule has 0 saturated carbocycles. The summed E-state index contributed by atoms with van der Waals surface area (Å²) in [5.74, 6) is 0.559. The molecule has 66 valence electrons. The third-order valence-electron chi connectivity index (χ3n) is 2.15. The van der Waals surface area contributed by atoms with Crippen LogP contribution in [0, 0.1) is 11.8 Å². The van der Waals surface area contributed by atoms with Gasteiger partial charge in [0.15, 0.2) is 5.78 Å². The largest absolute Gasteiger partial charge is 0.321 e. The van der Waals surface area contributed by atoms with Gasteiger partial charge in [0.05, 0.1) is 6.04 Å². The van der Waals surface area contributed by atoms with Gasteiger partial charge < -0.3 is 5.73 Å². The molecule has 0 aromatic carbocycles. The Kier molecular flexibility index (Phi) is 4.34. The number of rotatable bonds is 4. The van der Waals surface area contributed by atoms with Crippen molar-refractivity contribution in [2.24, 2.45) is 17.6 Å². The molecule has 0 aliphatic heterocycles. The van der Waals surface area contributed by atoms with Gasteiger partial charge in [-0.05, 0) is 5.92 Å². The van der Waals surface area contributed by atoms with E-state index in [1.54, 1.807) is 0 Å². The lowest BCUT2D eigenvalue weighted by atomic mass is 9.91. The Bertz CT molecular complexity index is 132. The molecule has 2 atom stereocenters. The molecule has 0 aliphatic rings. The predicted octanol–water partition coefficient (Wildman–Crippen LogP) is 1.58. The minimum Gasteiger partial charge on any atom is -0.321 e. The first-order chi connectivity index (χ1) is 5.00. The summed E-state index contributed by atoms with van der Waals surface area (Å²) in [7, 11) is 0. The van der Waals surface area contributed by atoms with Crippen molar-refractivity contribution in [3.05, 3.63) is 0 Å². The summed E-state index contributed by atoms with van der Waals surface area (Å²) >= 11 is 0. The van der Waals surface area contributed by atoms with Crippen molar-refractivity contribution < 1.29 is 4.79 Å². The Morgan fingerprint density at radius 1 is 1.36 bits per heavy atom. The molecule has 2 N–H and O–H groups in total. The quantitative estimate of drug-likeness (QED) is 0.673.